The second kappa shape index (κ2) is 5.54. The molecule has 0 saturated heterocycles. The number of nitrogens with one attached hydrogen (secondary N) is 1. The van der Waals surface area contributed by atoms with Gasteiger partial charge in [0.1, 0.15) is 0 Å². The van der Waals surface area contributed by atoms with E-state index in [0.29, 0.717) is 6.54 Å². The van der Waals surface area contributed by atoms with Crippen molar-refractivity contribution in [2.45, 2.75) is 27.2 Å². The van der Waals surface area contributed by atoms with Crippen LogP contribution in [0.5, 0.6) is 0 Å². The molecule has 0 heterocycles. The summed E-state index contributed by atoms with van der Waals surface area (Å²) in [5.41, 5.74) is 2.53. The summed E-state index contributed by atoms with van der Waals surface area (Å²) >= 11 is 0. The van der Waals surface area contributed by atoms with Crippen LogP contribution in [-0.2, 0) is 11.2 Å². The first-order chi connectivity index (χ1) is 7.09. The van der Waals surface area contributed by atoms with Crippen LogP contribution in [0, 0.1) is 5.92 Å². The molecule has 0 fully saturated rings. The van der Waals surface area contributed by atoms with E-state index in [9.17, 15) is 4.79 Å². The number of carbonyl (C=O) groups excluding carboxylic acids is 1. The van der Waals surface area contributed by atoms with Gasteiger partial charge < -0.3 is 5.32 Å². The smallest absolute Gasteiger partial charge is 0.216 e. The molecule has 2 heteroatoms. The van der Waals surface area contributed by atoms with Crippen LogP contribution in [0.3, 0.4) is 0 Å². The van der Waals surface area contributed by atoms with Crippen molar-refractivity contribution in [1.82, 2.24) is 5.32 Å². The Morgan fingerprint density at radius 2 is 1.73 bits per heavy atom. The molecule has 15 heavy (non-hydrogen) atoms. The Morgan fingerprint density at radius 3 is 2.20 bits per heavy atom. The molecule has 1 rings (SSSR count). The fraction of sp³-hybridized carbons (Fsp3) is 0.385. The fourth-order valence-electron chi connectivity index (χ4n) is 1.39. The van der Waals surface area contributed by atoms with E-state index in [-0.39, 0.29) is 5.91 Å². The normalized spacial score (nSPS) is 10.4. The van der Waals surface area contributed by atoms with Crippen molar-refractivity contribution >= 4 is 5.91 Å². The minimum Gasteiger partial charge on any atom is -0.356 e. The van der Waals surface area contributed by atoms with Gasteiger partial charge in [0.25, 0.3) is 0 Å². The molecular weight excluding hydrogens is 186 g/mol. The molecule has 0 aromatic heterocycles. The molecule has 0 aliphatic rings. The lowest BCUT2D eigenvalue weighted by molar-refractivity contribution is -0.118. The lowest BCUT2D eigenvalue weighted by Gasteiger charge is -2.06. The second-order valence-corrected chi connectivity index (χ2v) is 3.93. The standard InChI is InChI=1S/C13H18NO/c1-10(2)13-6-4-12(5-7-13)8-9-14-11(3)15/h4-7H,8-9H2,1-3H3,(H,14,15). The minimum atomic E-state index is 0.0318. The first-order valence-electron chi connectivity index (χ1n) is 5.23. The predicted molar refractivity (Wildman–Crippen MR) is 62.5 cm³/mol. The quantitative estimate of drug-likeness (QED) is 0.801. The van der Waals surface area contributed by atoms with E-state index < -0.39 is 0 Å². The van der Waals surface area contributed by atoms with Gasteiger partial charge in [-0.1, -0.05) is 38.1 Å². The average molecular weight is 204 g/mol. The van der Waals surface area contributed by atoms with Gasteiger partial charge in [-0.25, -0.2) is 0 Å². The second-order valence-electron chi connectivity index (χ2n) is 3.93. The number of benzene rings is 1. The highest BCUT2D eigenvalue weighted by Gasteiger charge is 1.99. The SMILES string of the molecule is C[C](C)c1ccc(CCNC(C)=O)cc1. The zero-order chi connectivity index (χ0) is 11.3. The first kappa shape index (κ1) is 11.8. The molecule has 81 valence electrons. The maximum Gasteiger partial charge on any atom is 0.216 e. The zero-order valence-electron chi connectivity index (χ0n) is 9.63. The predicted octanol–water partition coefficient (Wildman–Crippen LogP) is 2.33. The van der Waals surface area contributed by atoms with E-state index >= 15 is 0 Å². The van der Waals surface area contributed by atoms with Crippen molar-refractivity contribution in [2.75, 3.05) is 6.54 Å². The Balaban J connectivity index is 2.46. The molecule has 0 bridgehead atoms. The zero-order valence-corrected chi connectivity index (χ0v) is 9.63. The third-order valence-corrected chi connectivity index (χ3v) is 2.32. The molecule has 0 unspecified atom stereocenters. The highest BCUT2D eigenvalue weighted by atomic mass is 16.1. The molecule has 1 radical (unpaired) electrons. The highest BCUT2D eigenvalue weighted by molar-refractivity contribution is 5.72. The molecule has 1 amide bonds. The van der Waals surface area contributed by atoms with Crippen LogP contribution in [-0.4, -0.2) is 12.5 Å². The molecule has 1 N–H and O–H groups in total. The molecule has 1 aromatic rings. The third-order valence-electron chi connectivity index (χ3n) is 2.32. The van der Waals surface area contributed by atoms with Crippen LogP contribution in [0.4, 0.5) is 0 Å². The van der Waals surface area contributed by atoms with Gasteiger partial charge in [-0.15, -0.1) is 0 Å². The summed E-state index contributed by atoms with van der Waals surface area (Å²) in [4.78, 5) is 10.7. The van der Waals surface area contributed by atoms with Gasteiger partial charge in [-0.05, 0) is 23.5 Å². The molecule has 0 spiro atoms. The summed E-state index contributed by atoms with van der Waals surface area (Å²) in [6.07, 6.45) is 0.891. The van der Waals surface area contributed by atoms with Crippen molar-refractivity contribution in [1.29, 1.82) is 0 Å². The van der Waals surface area contributed by atoms with Gasteiger partial charge >= 0.3 is 0 Å². The van der Waals surface area contributed by atoms with E-state index in [1.807, 2.05) is 0 Å². The van der Waals surface area contributed by atoms with Crippen LogP contribution in [0.1, 0.15) is 31.9 Å². The Morgan fingerprint density at radius 1 is 1.13 bits per heavy atom. The monoisotopic (exact) mass is 204 g/mol. The number of carbonyl (C=O) groups is 1. The Bertz CT molecular complexity index is 314. The lowest BCUT2D eigenvalue weighted by atomic mass is 10.0. The van der Waals surface area contributed by atoms with Gasteiger partial charge in [-0.3, -0.25) is 4.79 Å². The highest BCUT2D eigenvalue weighted by Crippen LogP contribution is 2.13. The Labute approximate surface area is 91.7 Å². The summed E-state index contributed by atoms with van der Waals surface area (Å²) in [6, 6.07) is 8.48. The number of hydrogen-bond donors (Lipinski definition) is 1. The van der Waals surface area contributed by atoms with Gasteiger partial charge in [0, 0.05) is 13.5 Å². The molecule has 0 aliphatic carbocycles. The fourth-order valence-corrected chi connectivity index (χ4v) is 1.39. The van der Waals surface area contributed by atoms with E-state index in [4.69, 9.17) is 0 Å². The molecule has 0 atom stereocenters. The van der Waals surface area contributed by atoms with E-state index in [0.717, 1.165) is 6.42 Å². The topological polar surface area (TPSA) is 29.1 Å². The van der Waals surface area contributed by atoms with Crippen LogP contribution in [0.2, 0.25) is 0 Å². The van der Waals surface area contributed by atoms with E-state index in [2.05, 4.69) is 43.4 Å². The minimum absolute atomic E-state index is 0.0318. The van der Waals surface area contributed by atoms with E-state index in [1.165, 1.54) is 17.0 Å². The van der Waals surface area contributed by atoms with Crippen LogP contribution >= 0.6 is 0 Å². The van der Waals surface area contributed by atoms with Crippen LogP contribution < -0.4 is 5.32 Å². The van der Waals surface area contributed by atoms with Crippen molar-refractivity contribution in [3.63, 3.8) is 0 Å². The van der Waals surface area contributed by atoms with E-state index in [1.54, 1.807) is 6.92 Å². The summed E-state index contributed by atoms with van der Waals surface area (Å²) in [5, 5.41) is 2.79. The maximum atomic E-state index is 10.7. The molecule has 1 aromatic carbocycles. The lowest BCUT2D eigenvalue weighted by Crippen LogP contribution is -2.22. The summed E-state index contributed by atoms with van der Waals surface area (Å²) in [7, 11) is 0. The summed E-state index contributed by atoms with van der Waals surface area (Å²) in [5.74, 6) is 1.35. The Hall–Kier alpha value is -1.31. The van der Waals surface area contributed by atoms with Gasteiger partial charge in [-0.2, -0.15) is 0 Å². The molecular formula is C13H18NO. The maximum absolute atomic E-state index is 10.7. The molecule has 0 saturated carbocycles. The first-order valence-corrected chi connectivity index (χ1v) is 5.23. The number of rotatable bonds is 4. The van der Waals surface area contributed by atoms with Crippen molar-refractivity contribution in [2.24, 2.45) is 0 Å². The van der Waals surface area contributed by atoms with Crippen LogP contribution in [0.15, 0.2) is 24.3 Å². The number of amides is 1. The number of hydrogen-bond acceptors (Lipinski definition) is 1. The average Bonchev–Trinajstić information content (AvgIpc) is 2.18. The van der Waals surface area contributed by atoms with Gasteiger partial charge in [0.05, 0.1) is 0 Å². The summed E-state index contributed by atoms with van der Waals surface area (Å²) < 4.78 is 0. The largest absolute Gasteiger partial charge is 0.356 e. The third kappa shape index (κ3) is 4.15. The summed E-state index contributed by atoms with van der Waals surface area (Å²) in [6.45, 7) is 6.46. The Kier molecular flexibility index (Phi) is 4.35. The van der Waals surface area contributed by atoms with Gasteiger partial charge in [0.2, 0.25) is 5.91 Å². The van der Waals surface area contributed by atoms with Crippen molar-refractivity contribution < 1.29 is 4.79 Å². The van der Waals surface area contributed by atoms with Crippen molar-refractivity contribution in [3.8, 4) is 0 Å². The molecule has 2 nitrogen and oxygen atoms in total. The van der Waals surface area contributed by atoms with Crippen LogP contribution in [0.25, 0.3) is 0 Å². The van der Waals surface area contributed by atoms with Crippen molar-refractivity contribution in [3.05, 3.63) is 41.3 Å². The van der Waals surface area contributed by atoms with Gasteiger partial charge in [0.15, 0.2) is 0 Å². The molecule has 0 aliphatic heterocycles.